The number of hydrogen-bond donors (Lipinski definition) is 0. The van der Waals surface area contributed by atoms with E-state index in [-0.39, 0.29) is 0 Å². The molecule has 0 amide bonds. The maximum atomic E-state index is 11.7. The second-order valence-corrected chi connectivity index (χ2v) is 6.13. The van der Waals surface area contributed by atoms with Crippen LogP contribution in [0.1, 0.15) is 66.2 Å². The van der Waals surface area contributed by atoms with Crippen molar-refractivity contribution in [2.45, 2.75) is 66.2 Å². The number of carbonyl (C=O) groups is 1. The molecule has 14 heavy (non-hydrogen) atoms. The molecular formula is C13H24O. The summed E-state index contributed by atoms with van der Waals surface area (Å²) in [5.41, 5.74) is 0.744. The Balaban J connectivity index is 2.23. The summed E-state index contributed by atoms with van der Waals surface area (Å²) in [6.45, 7) is 8.82. The van der Waals surface area contributed by atoms with Crippen LogP contribution < -0.4 is 0 Å². The first-order valence-electron chi connectivity index (χ1n) is 5.89. The highest BCUT2D eigenvalue weighted by Crippen LogP contribution is 2.52. The average molecular weight is 196 g/mol. The Hall–Kier alpha value is -0.330. The Morgan fingerprint density at radius 1 is 1.29 bits per heavy atom. The van der Waals surface area contributed by atoms with E-state index in [4.69, 9.17) is 0 Å². The molecular weight excluding hydrogens is 172 g/mol. The van der Waals surface area contributed by atoms with Crippen molar-refractivity contribution in [1.82, 2.24) is 0 Å². The maximum absolute atomic E-state index is 11.7. The first kappa shape index (κ1) is 11.7. The Morgan fingerprint density at radius 3 is 2.21 bits per heavy atom. The lowest BCUT2D eigenvalue weighted by Crippen LogP contribution is -2.12. The van der Waals surface area contributed by atoms with Crippen LogP contribution in [-0.2, 0) is 4.79 Å². The predicted molar refractivity (Wildman–Crippen MR) is 60.3 cm³/mol. The van der Waals surface area contributed by atoms with E-state index in [2.05, 4.69) is 27.7 Å². The first-order valence-corrected chi connectivity index (χ1v) is 5.89. The molecule has 0 aromatic heterocycles. The van der Waals surface area contributed by atoms with Crippen molar-refractivity contribution in [1.29, 1.82) is 0 Å². The van der Waals surface area contributed by atoms with Crippen LogP contribution in [0, 0.1) is 10.8 Å². The first-order chi connectivity index (χ1) is 6.37. The summed E-state index contributed by atoms with van der Waals surface area (Å²) in [5.74, 6) is 0.485. The number of Topliss-reactive ketones (excluding diaryl/α,β-unsaturated/α-hetero) is 1. The van der Waals surface area contributed by atoms with Crippen molar-refractivity contribution in [2.75, 3.05) is 0 Å². The van der Waals surface area contributed by atoms with Crippen LogP contribution >= 0.6 is 0 Å². The van der Waals surface area contributed by atoms with Gasteiger partial charge in [0.15, 0.2) is 0 Å². The van der Waals surface area contributed by atoms with Gasteiger partial charge in [-0.1, -0.05) is 34.1 Å². The minimum absolute atomic E-state index is 0.304. The Kier molecular flexibility index (Phi) is 3.39. The SMILES string of the molecule is CCC1(CC(=O)CCC(C)(C)C)CC1. The monoisotopic (exact) mass is 196 g/mol. The van der Waals surface area contributed by atoms with E-state index >= 15 is 0 Å². The van der Waals surface area contributed by atoms with Gasteiger partial charge in [0, 0.05) is 12.8 Å². The second-order valence-electron chi connectivity index (χ2n) is 6.13. The van der Waals surface area contributed by atoms with Crippen LogP contribution in [0.3, 0.4) is 0 Å². The molecule has 1 nitrogen and oxygen atoms in total. The van der Waals surface area contributed by atoms with Crippen LogP contribution in [-0.4, -0.2) is 5.78 Å². The molecule has 82 valence electrons. The summed E-state index contributed by atoms with van der Waals surface area (Å²) in [4.78, 5) is 11.7. The number of hydrogen-bond acceptors (Lipinski definition) is 1. The van der Waals surface area contributed by atoms with Crippen LogP contribution in [0.2, 0.25) is 0 Å². The fourth-order valence-corrected chi connectivity index (χ4v) is 1.85. The minimum atomic E-state index is 0.304. The molecule has 0 bridgehead atoms. The fraction of sp³-hybridized carbons (Fsp3) is 0.923. The zero-order valence-corrected chi connectivity index (χ0v) is 10.2. The topological polar surface area (TPSA) is 17.1 Å². The van der Waals surface area contributed by atoms with Gasteiger partial charge in [0.05, 0.1) is 0 Å². The molecule has 0 aromatic rings. The van der Waals surface area contributed by atoms with E-state index in [1.807, 2.05) is 0 Å². The Labute approximate surface area is 88.3 Å². The number of ketones is 1. The molecule has 0 atom stereocenters. The van der Waals surface area contributed by atoms with Crippen LogP contribution in [0.15, 0.2) is 0 Å². The third-order valence-corrected chi connectivity index (χ3v) is 3.43. The highest BCUT2D eigenvalue weighted by atomic mass is 16.1. The van der Waals surface area contributed by atoms with Crippen molar-refractivity contribution in [3.8, 4) is 0 Å². The molecule has 0 spiro atoms. The molecule has 0 N–H and O–H groups in total. The zero-order chi connectivity index (χ0) is 10.8. The van der Waals surface area contributed by atoms with Gasteiger partial charge in [0.2, 0.25) is 0 Å². The van der Waals surface area contributed by atoms with E-state index in [0.717, 1.165) is 19.3 Å². The third-order valence-electron chi connectivity index (χ3n) is 3.43. The predicted octanol–water partition coefficient (Wildman–Crippen LogP) is 3.96. The molecule has 1 fully saturated rings. The molecule has 1 heteroatoms. The lowest BCUT2D eigenvalue weighted by Gasteiger charge is -2.18. The zero-order valence-electron chi connectivity index (χ0n) is 10.2. The Morgan fingerprint density at radius 2 is 1.86 bits per heavy atom. The third kappa shape index (κ3) is 3.81. The molecule has 0 radical (unpaired) electrons. The molecule has 0 heterocycles. The van der Waals surface area contributed by atoms with Crippen LogP contribution in [0.25, 0.3) is 0 Å². The summed E-state index contributed by atoms with van der Waals surface area (Å²) < 4.78 is 0. The van der Waals surface area contributed by atoms with E-state index in [1.165, 1.54) is 19.3 Å². The van der Waals surface area contributed by atoms with Crippen LogP contribution in [0.5, 0.6) is 0 Å². The van der Waals surface area contributed by atoms with Gasteiger partial charge in [-0.3, -0.25) is 4.79 Å². The fourth-order valence-electron chi connectivity index (χ4n) is 1.85. The molecule has 0 saturated heterocycles. The molecule has 1 rings (SSSR count). The number of rotatable bonds is 5. The normalized spacial score (nSPS) is 19.4. The quantitative estimate of drug-likeness (QED) is 0.650. The van der Waals surface area contributed by atoms with Crippen LogP contribution in [0.4, 0.5) is 0 Å². The molecule has 0 unspecified atom stereocenters. The Bertz CT molecular complexity index is 206. The largest absolute Gasteiger partial charge is 0.300 e. The average Bonchev–Trinajstić information content (AvgIpc) is 2.81. The molecule has 1 aliphatic rings. The molecule has 1 aliphatic carbocycles. The van der Waals surface area contributed by atoms with E-state index in [9.17, 15) is 4.79 Å². The lowest BCUT2D eigenvalue weighted by atomic mass is 9.87. The van der Waals surface area contributed by atoms with Gasteiger partial charge in [-0.15, -0.1) is 0 Å². The lowest BCUT2D eigenvalue weighted by molar-refractivity contribution is -0.120. The van der Waals surface area contributed by atoms with Gasteiger partial charge in [-0.05, 0) is 30.1 Å². The van der Waals surface area contributed by atoms with E-state index < -0.39 is 0 Å². The van der Waals surface area contributed by atoms with Gasteiger partial charge in [0.1, 0.15) is 5.78 Å². The molecule has 0 aromatic carbocycles. The second kappa shape index (κ2) is 4.04. The summed E-state index contributed by atoms with van der Waals surface area (Å²) in [6, 6.07) is 0. The van der Waals surface area contributed by atoms with Gasteiger partial charge in [-0.2, -0.15) is 0 Å². The molecule has 1 saturated carbocycles. The summed E-state index contributed by atoms with van der Waals surface area (Å²) in [6.07, 6.45) is 6.42. The van der Waals surface area contributed by atoms with Crippen molar-refractivity contribution in [2.24, 2.45) is 10.8 Å². The highest BCUT2D eigenvalue weighted by molar-refractivity contribution is 5.79. The summed E-state index contributed by atoms with van der Waals surface area (Å²) in [5, 5.41) is 0. The summed E-state index contributed by atoms with van der Waals surface area (Å²) >= 11 is 0. The van der Waals surface area contributed by atoms with Crippen molar-refractivity contribution in [3.05, 3.63) is 0 Å². The van der Waals surface area contributed by atoms with Gasteiger partial charge >= 0.3 is 0 Å². The van der Waals surface area contributed by atoms with Gasteiger partial charge < -0.3 is 0 Å². The summed E-state index contributed by atoms with van der Waals surface area (Å²) in [7, 11) is 0. The van der Waals surface area contributed by atoms with Crippen molar-refractivity contribution in [3.63, 3.8) is 0 Å². The standard InChI is InChI=1S/C13H24O/c1-5-13(8-9-13)10-11(14)6-7-12(2,3)4/h5-10H2,1-4H3. The highest BCUT2D eigenvalue weighted by Gasteiger charge is 2.41. The van der Waals surface area contributed by atoms with Crippen molar-refractivity contribution < 1.29 is 4.79 Å². The smallest absolute Gasteiger partial charge is 0.133 e. The van der Waals surface area contributed by atoms with Crippen molar-refractivity contribution >= 4 is 5.78 Å². The van der Waals surface area contributed by atoms with E-state index in [1.54, 1.807) is 0 Å². The molecule has 0 aliphatic heterocycles. The maximum Gasteiger partial charge on any atom is 0.133 e. The van der Waals surface area contributed by atoms with Gasteiger partial charge in [0.25, 0.3) is 0 Å². The van der Waals surface area contributed by atoms with E-state index in [0.29, 0.717) is 16.6 Å². The van der Waals surface area contributed by atoms with Gasteiger partial charge in [-0.25, -0.2) is 0 Å². The number of carbonyl (C=O) groups excluding carboxylic acids is 1. The minimum Gasteiger partial charge on any atom is -0.300 e.